The summed E-state index contributed by atoms with van der Waals surface area (Å²) in [6, 6.07) is 4.90. The molecule has 2 atom stereocenters. The van der Waals surface area contributed by atoms with E-state index in [4.69, 9.17) is 22.5 Å². The average Bonchev–Trinajstić information content (AvgIpc) is 3.23. The zero-order chi connectivity index (χ0) is 15.0. The van der Waals surface area contributed by atoms with Gasteiger partial charge in [0.2, 0.25) is 5.91 Å². The number of halogens is 1. The molecule has 21 heavy (non-hydrogen) atoms. The summed E-state index contributed by atoms with van der Waals surface area (Å²) in [5.41, 5.74) is 6.58. The number of hydrogen-bond donors (Lipinski definition) is 3. The molecule has 0 spiro atoms. The first kappa shape index (κ1) is 14.2. The van der Waals surface area contributed by atoms with Crippen molar-refractivity contribution in [3.63, 3.8) is 0 Å². The molecule has 0 aliphatic heterocycles. The van der Waals surface area contributed by atoms with Gasteiger partial charge in [0.25, 0.3) is 0 Å². The Balaban J connectivity index is 1.74. The van der Waals surface area contributed by atoms with Gasteiger partial charge in [-0.3, -0.25) is 4.79 Å². The van der Waals surface area contributed by atoms with Crippen LogP contribution >= 0.6 is 11.6 Å². The standard InChI is InChI=1S/C15H18ClN3O2/c16-11-6-5-8(14(17)19-21)7-12(11)18-15(20)13-9-3-1-2-4-10(9)13/h5-7,9-10,13,21H,1-4H2,(H2,17,19)(H,18,20). The number of nitrogens with one attached hydrogen (secondary N) is 1. The van der Waals surface area contributed by atoms with Crippen molar-refractivity contribution in [2.24, 2.45) is 28.6 Å². The molecule has 4 N–H and O–H groups in total. The second-order valence-corrected chi connectivity index (χ2v) is 6.21. The molecule has 5 nitrogen and oxygen atoms in total. The van der Waals surface area contributed by atoms with Crippen LogP contribution in [0.4, 0.5) is 5.69 Å². The maximum atomic E-state index is 12.4. The molecule has 0 radical (unpaired) electrons. The van der Waals surface area contributed by atoms with E-state index < -0.39 is 0 Å². The Morgan fingerprint density at radius 1 is 1.33 bits per heavy atom. The second kappa shape index (κ2) is 5.56. The molecular formula is C15H18ClN3O2. The van der Waals surface area contributed by atoms with Gasteiger partial charge < -0.3 is 16.3 Å². The molecule has 0 heterocycles. The summed E-state index contributed by atoms with van der Waals surface area (Å²) < 4.78 is 0. The molecule has 2 aliphatic rings. The molecule has 112 valence electrons. The van der Waals surface area contributed by atoms with Crippen molar-refractivity contribution in [1.82, 2.24) is 0 Å². The summed E-state index contributed by atoms with van der Waals surface area (Å²) in [7, 11) is 0. The van der Waals surface area contributed by atoms with Gasteiger partial charge in [-0.15, -0.1) is 0 Å². The van der Waals surface area contributed by atoms with E-state index >= 15 is 0 Å². The summed E-state index contributed by atoms with van der Waals surface area (Å²) in [5.74, 6) is 1.23. The van der Waals surface area contributed by atoms with Crippen molar-refractivity contribution in [2.75, 3.05) is 5.32 Å². The minimum atomic E-state index is -0.0118. The Kier molecular flexibility index (Phi) is 3.76. The predicted octanol–water partition coefficient (Wildman–Crippen LogP) is 2.81. The number of nitrogens with zero attached hydrogens (tertiary/aromatic N) is 1. The molecule has 2 unspecified atom stereocenters. The van der Waals surface area contributed by atoms with Crippen molar-refractivity contribution in [3.8, 4) is 0 Å². The third-order valence-corrected chi connectivity index (χ3v) is 4.92. The summed E-state index contributed by atoms with van der Waals surface area (Å²) in [6.45, 7) is 0. The van der Waals surface area contributed by atoms with Gasteiger partial charge in [0, 0.05) is 11.5 Å². The van der Waals surface area contributed by atoms with Crippen LogP contribution < -0.4 is 11.1 Å². The highest BCUT2D eigenvalue weighted by atomic mass is 35.5. The number of amides is 1. The lowest BCUT2D eigenvalue weighted by Crippen LogP contribution is -2.17. The van der Waals surface area contributed by atoms with Crippen molar-refractivity contribution >= 4 is 29.0 Å². The monoisotopic (exact) mass is 307 g/mol. The van der Waals surface area contributed by atoms with Crippen molar-refractivity contribution in [2.45, 2.75) is 25.7 Å². The number of benzene rings is 1. The molecule has 6 heteroatoms. The van der Waals surface area contributed by atoms with E-state index in [0.717, 1.165) is 12.8 Å². The van der Waals surface area contributed by atoms with Gasteiger partial charge in [-0.25, -0.2) is 0 Å². The Morgan fingerprint density at radius 2 is 2.00 bits per heavy atom. The summed E-state index contributed by atoms with van der Waals surface area (Å²) in [5, 5.41) is 15.0. The number of fused-ring (bicyclic) bond motifs is 1. The Hall–Kier alpha value is -1.75. The van der Waals surface area contributed by atoms with Crippen molar-refractivity contribution in [1.29, 1.82) is 0 Å². The zero-order valence-electron chi connectivity index (χ0n) is 11.6. The smallest absolute Gasteiger partial charge is 0.228 e. The highest BCUT2D eigenvalue weighted by Crippen LogP contribution is 2.55. The van der Waals surface area contributed by atoms with E-state index in [0.29, 0.717) is 28.1 Å². The van der Waals surface area contributed by atoms with E-state index in [1.807, 2.05) is 0 Å². The molecule has 2 saturated carbocycles. The predicted molar refractivity (Wildman–Crippen MR) is 81.5 cm³/mol. The SMILES string of the molecule is N/C(=N/O)c1ccc(Cl)c(NC(=O)C2C3CCCCC32)c1. The zero-order valence-corrected chi connectivity index (χ0v) is 12.3. The Bertz CT molecular complexity index is 591. The molecule has 0 bridgehead atoms. The van der Waals surface area contributed by atoms with Crippen LogP contribution in [-0.4, -0.2) is 17.0 Å². The fourth-order valence-electron chi connectivity index (χ4n) is 3.44. The van der Waals surface area contributed by atoms with Crippen LogP contribution in [0.3, 0.4) is 0 Å². The molecule has 2 aliphatic carbocycles. The van der Waals surface area contributed by atoms with Gasteiger partial charge in [-0.1, -0.05) is 29.6 Å². The lowest BCUT2D eigenvalue weighted by atomic mass is 10.0. The number of nitrogens with two attached hydrogens (primary N) is 1. The highest BCUT2D eigenvalue weighted by molar-refractivity contribution is 6.34. The molecule has 1 aromatic rings. The normalized spacial score (nSPS) is 27.9. The molecular weight excluding hydrogens is 290 g/mol. The number of hydrogen-bond acceptors (Lipinski definition) is 3. The number of anilines is 1. The number of carbonyl (C=O) groups is 1. The number of oxime groups is 1. The molecule has 0 aromatic heterocycles. The summed E-state index contributed by atoms with van der Waals surface area (Å²) in [4.78, 5) is 12.4. The fourth-order valence-corrected chi connectivity index (χ4v) is 3.60. The first-order chi connectivity index (χ1) is 10.1. The third kappa shape index (κ3) is 2.70. The quantitative estimate of drug-likeness (QED) is 0.347. The summed E-state index contributed by atoms with van der Waals surface area (Å²) >= 11 is 6.11. The van der Waals surface area contributed by atoms with Gasteiger partial charge in [0.05, 0.1) is 10.7 Å². The van der Waals surface area contributed by atoms with Gasteiger partial charge in [0.15, 0.2) is 5.84 Å². The second-order valence-electron chi connectivity index (χ2n) is 5.81. The van der Waals surface area contributed by atoms with Crippen LogP contribution in [0.15, 0.2) is 23.4 Å². The summed E-state index contributed by atoms with van der Waals surface area (Å²) in [6.07, 6.45) is 4.76. The molecule has 1 aromatic carbocycles. The van der Waals surface area contributed by atoms with Gasteiger partial charge in [-0.05, 0) is 42.9 Å². The highest BCUT2D eigenvalue weighted by Gasteiger charge is 2.54. The number of carbonyl (C=O) groups excluding carboxylic acids is 1. The van der Waals surface area contributed by atoms with E-state index in [9.17, 15) is 4.79 Å². The van der Waals surface area contributed by atoms with E-state index in [1.54, 1.807) is 18.2 Å². The fraction of sp³-hybridized carbons (Fsp3) is 0.467. The van der Waals surface area contributed by atoms with Gasteiger partial charge in [-0.2, -0.15) is 0 Å². The van der Waals surface area contributed by atoms with E-state index in [-0.39, 0.29) is 17.7 Å². The Morgan fingerprint density at radius 3 is 2.62 bits per heavy atom. The van der Waals surface area contributed by atoms with Crippen LogP contribution in [0.25, 0.3) is 0 Å². The lowest BCUT2D eigenvalue weighted by molar-refractivity contribution is -0.117. The third-order valence-electron chi connectivity index (χ3n) is 4.59. The molecule has 1 amide bonds. The topological polar surface area (TPSA) is 87.7 Å². The van der Waals surface area contributed by atoms with Crippen LogP contribution in [-0.2, 0) is 4.79 Å². The minimum absolute atomic E-state index is 0.0118. The maximum Gasteiger partial charge on any atom is 0.228 e. The van der Waals surface area contributed by atoms with Gasteiger partial charge in [0.1, 0.15) is 0 Å². The van der Waals surface area contributed by atoms with Crippen LogP contribution in [0.5, 0.6) is 0 Å². The van der Waals surface area contributed by atoms with Crippen LogP contribution in [0.2, 0.25) is 5.02 Å². The van der Waals surface area contributed by atoms with Crippen molar-refractivity contribution in [3.05, 3.63) is 28.8 Å². The molecule has 0 saturated heterocycles. The Labute approximate surface area is 128 Å². The largest absolute Gasteiger partial charge is 0.409 e. The van der Waals surface area contributed by atoms with Gasteiger partial charge >= 0.3 is 0 Å². The van der Waals surface area contributed by atoms with Crippen LogP contribution in [0, 0.1) is 17.8 Å². The van der Waals surface area contributed by atoms with E-state index in [1.165, 1.54) is 12.8 Å². The lowest BCUT2D eigenvalue weighted by Gasteiger charge is -2.09. The number of rotatable bonds is 3. The average molecular weight is 308 g/mol. The first-order valence-electron chi connectivity index (χ1n) is 7.20. The molecule has 3 rings (SSSR count). The first-order valence-corrected chi connectivity index (χ1v) is 7.58. The van der Waals surface area contributed by atoms with Crippen LogP contribution in [0.1, 0.15) is 31.2 Å². The van der Waals surface area contributed by atoms with E-state index in [2.05, 4.69) is 10.5 Å². The number of amidine groups is 1. The molecule has 2 fully saturated rings. The minimum Gasteiger partial charge on any atom is -0.409 e. The maximum absolute atomic E-state index is 12.4. The van der Waals surface area contributed by atoms with Crippen molar-refractivity contribution < 1.29 is 10.0 Å².